The molecule has 1 aromatic heterocycles. The van der Waals surface area contributed by atoms with Gasteiger partial charge in [0.2, 0.25) is 11.7 Å². The number of aromatic nitrogens is 2. The molecule has 0 saturated carbocycles. The molecule has 0 spiro atoms. The van der Waals surface area contributed by atoms with Gasteiger partial charge < -0.3 is 38.5 Å². The molecule has 2 aliphatic heterocycles. The maximum atomic E-state index is 14.7. The Hall–Kier alpha value is -4.60. The Morgan fingerprint density at radius 3 is 2.25 bits per heavy atom. The standard InChI is InChI=1S/C39H50ClF2N7O6/c1-39(2,3)55-32(50)24-49(21-18-45(4)5)19-12-25(13-20-49)37(52)47-14-16-48(17-15-47)38(53)27-9-8-26(22-29(27)40)44-36(51)35-43-23-30(46(35)6)28-10-11-31(54-7)34(42)33(28)41/h8-11,22-23,25H,12-21,24H2,1-7H3/p+1. The van der Waals surface area contributed by atoms with Crippen molar-refractivity contribution < 1.29 is 41.9 Å². The largest absolute Gasteiger partial charge is 0.494 e. The van der Waals surface area contributed by atoms with Crippen molar-refractivity contribution in [3.8, 4) is 17.0 Å². The summed E-state index contributed by atoms with van der Waals surface area (Å²) in [7, 11) is 6.75. The Kier molecular flexibility index (Phi) is 12.9. The molecule has 5 rings (SSSR count). The number of carbonyl (C=O) groups is 4. The first kappa shape index (κ1) is 41.6. The quantitative estimate of drug-likeness (QED) is 0.219. The van der Waals surface area contributed by atoms with Crippen molar-refractivity contribution in [3.63, 3.8) is 0 Å². The van der Waals surface area contributed by atoms with Crippen LogP contribution in [0.4, 0.5) is 14.5 Å². The van der Waals surface area contributed by atoms with Gasteiger partial charge in [-0.1, -0.05) is 11.6 Å². The Morgan fingerprint density at radius 2 is 1.65 bits per heavy atom. The molecule has 3 amide bonds. The zero-order chi connectivity index (χ0) is 40.2. The number of halogens is 3. The van der Waals surface area contributed by atoms with Gasteiger partial charge in [0.25, 0.3) is 11.8 Å². The zero-order valence-corrected chi connectivity index (χ0v) is 33.3. The smallest absolute Gasteiger partial charge is 0.362 e. The first-order chi connectivity index (χ1) is 25.9. The highest BCUT2D eigenvalue weighted by Crippen LogP contribution is 2.31. The van der Waals surface area contributed by atoms with Crippen LogP contribution in [0.3, 0.4) is 0 Å². The summed E-state index contributed by atoms with van der Waals surface area (Å²) in [5.74, 6) is -3.80. The van der Waals surface area contributed by atoms with E-state index in [1.165, 1.54) is 49.2 Å². The van der Waals surface area contributed by atoms with E-state index in [2.05, 4.69) is 15.2 Å². The fourth-order valence-corrected chi connectivity index (χ4v) is 7.41. The van der Waals surface area contributed by atoms with E-state index in [1.54, 1.807) is 11.0 Å². The first-order valence-corrected chi connectivity index (χ1v) is 18.7. The average Bonchev–Trinajstić information content (AvgIpc) is 3.51. The monoisotopic (exact) mass is 786 g/mol. The minimum absolute atomic E-state index is 0.0638. The second-order valence-corrected chi connectivity index (χ2v) is 16.0. The molecule has 1 N–H and O–H groups in total. The number of likely N-dealkylation sites (tertiary alicyclic amines) is 1. The summed E-state index contributed by atoms with van der Waals surface area (Å²) in [6.45, 7) is 10.4. The number of piperidine rings is 1. The van der Waals surface area contributed by atoms with Gasteiger partial charge in [0.15, 0.2) is 23.9 Å². The van der Waals surface area contributed by atoms with Crippen LogP contribution in [-0.2, 0) is 21.4 Å². The molecule has 3 heterocycles. The van der Waals surface area contributed by atoms with Gasteiger partial charge in [-0.05, 0) is 65.2 Å². The second-order valence-electron chi connectivity index (χ2n) is 15.6. The number of ether oxygens (including phenoxy) is 2. The average molecular weight is 787 g/mol. The number of nitrogens with one attached hydrogen (secondary N) is 1. The molecule has 298 valence electrons. The molecule has 0 radical (unpaired) electrons. The third kappa shape index (κ3) is 9.80. The highest BCUT2D eigenvalue weighted by Gasteiger charge is 2.41. The number of benzene rings is 2. The highest BCUT2D eigenvalue weighted by atomic mass is 35.5. The number of esters is 1. The van der Waals surface area contributed by atoms with E-state index >= 15 is 0 Å². The van der Waals surface area contributed by atoms with Crippen LogP contribution in [0.15, 0.2) is 36.5 Å². The van der Waals surface area contributed by atoms with Gasteiger partial charge in [-0.25, -0.2) is 14.2 Å². The minimum Gasteiger partial charge on any atom is -0.494 e. The van der Waals surface area contributed by atoms with Crippen molar-refractivity contribution in [1.82, 2.24) is 24.3 Å². The van der Waals surface area contributed by atoms with E-state index in [4.69, 9.17) is 21.1 Å². The van der Waals surface area contributed by atoms with Gasteiger partial charge in [-0.15, -0.1) is 0 Å². The summed E-state index contributed by atoms with van der Waals surface area (Å²) in [6.07, 6.45) is 2.62. The lowest BCUT2D eigenvalue weighted by Gasteiger charge is -2.44. The molecule has 0 bridgehead atoms. The fourth-order valence-electron chi connectivity index (χ4n) is 7.15. The summed E-state index contributed by atoms with van der Waals surface area (Å²) in [6, 6.07) is 7.15. The summed E-state index contributed by atoms with van der Waals surface area (Å²) in [5.41, 5.74) is 0.0752. The number of rotatable bonds is 11. The zero-order valence-electron chi connectivity index (χ0n) is 32.6. The van der Waals surface area contributed by atoms with Gasteiger partial charge in [0.05, 0.1) is 49.2 Å². The summed E-state index contributed by atoms with van der Waals surface area (Å²) in [4.78, 5) is 62.8. The molecule has 2 saturated heterocycles. The molecule has 2 aromatic carbocycles. The number of hydrogen-bond donors (Lipinski definition) is 1. The topological polar surface area (TPSA) is 126 Å². The number of methoxy groups -OCH3 is 1. The normalized spacial score (nSPS) is 19.0. The molecule has 3 aromatic rings. The molecular formula is C39H51ClF2N7O6+. The minimum atomic E-state index is -1.15. The van der Waals surface area contributed by atoms with Crippen LogP contribution in [0.5, 0.6) is 5.75 Å². The van der Waals surface area contributed by atoms with Crippen LogP contribution >= 0.6 is 11.6 Å². The van der Waals surface area contributed by atoms with Gasteiger partial charge in [0.1, 0.15) is 5.60 Å². The molecule has 2 aliphatic rings. The Balaban J connectivity index is 1.15. The second kappa shape index (κ2) is 17.0. The van der Waals surface area contributed by atoms with E-state index in [0.29, 0.717) is 62.3 Å². The van der Waals surface area contributed by atoms with Gasteiger partial charge in [-0.3, -0.25) is 14.4 Å². The summed E-state index contributed by atoms with van der Waals surface area (Å²) in [5, 5.41) is 2.82. The molecule has 2 fully saturated rings. The lowest BCUT2D eigenvalue weighted by molar-refractivity contribution is -0.926. The van der Waals surface area contributed by atoms with Crippen LogP contribution in [0.25, 0.3) is 11.3 Å². The van der Waals surface area contributed by atoms with Gasteiger partial charge in [0, 0.05) is 69.8 Å². The number of carbonyl (C=O) groups excluding carboxylic acids is 4. The van der Waals surface area contributed by atoms with Crippen molar-refractivity contribution >= 4 is 41.0 Å². The molecule has 55 heavy (non-hydrogen) atoms. The van der Waals surface area contributed by atoms with E-state index in [9.17, 15) is 28.0 Å². The number of piperazine rings is 1. The Bertz CT molecular complexity index is 1910. The van der Waals surface area contributed by atoms with E-state index in [0.717, 1.165) is 13.1 Å². The molecule has 13 nitrogen and oxygen atoms in total. The summed E-state index contributed by atoms with van der Waals surface area (Å²) < 4.78 is 41.5. The predicted molar refractivity (Wildman–Crippen MR) is 204 cm³/mol. The number of anilines is 1. The number of imidazole rings is 1. The van der Waals surface area contributed by atoms with Gasteiger partial charge in [-0.2, -0.15) is 4.39 Å². The third-order valence-corrected chi connectivity index (χ3v) is 10.5. The van der Waals surface area contributed by atoms with E-state index < -0.39 is 23.1 Å². The number of quaternary nitrogens is 1. The van der Waals surface area contributed by atoms with E-state index in [1.807, 2.05) is 39.8 Å². The third-order valence-electron chi connectivity index (χ3n) is 10.2. The molecule has 0 unspecified atom stereocenters. The SMILES string of the molecule is COc1ccc(-c2cnc(C(=O)Nc3ccc(C(=O)N4CCN(C(=O)C5CC[N+](CCN(C)C)(CC(=O)OC(C)(C)C)CC5)CC4)c(Cl)c3)n2C)c(F)c1F. The van der Waals surface area contributed by atoms with Crippen molar-refractivity contribution in [2.75, 3.05) is 85.4 Å². The Labute approximate surface area is 325 Å². The van der Waals surface area contributed by atoms with Crippen LogP contribution in [-0.4, -0.2) is 138 Å². The maximum absolute atomic E-state index is 14.7. The van der Waals surface area contributed by atoms with Crippen molar-refractivity contribution in [3.05, 3.63) is 64.6 Å². The van der Waals surface area contributed by atoms with Crippen LogP contribution in [0.2, 0.25) is 5.02 Å². The first-order valence-electron chi connectivity index (χ1n) is 18.4. The lowest BCUT2D eigenvalue weighted by atomic mass is 9.92. The van der Waals surface area contributed by atoms with Crippen LogP contribution < -0.4 is 10.1 Å². The maximum Gasteiger partial charge on any atom is 0.362 e. The molecule has 0 atom stereocenters. The van der Waals surface area contributed by atoms with Crippen LogP contribution in [0.1, 0.15) is 54.6 Å². The fraction of sp³-hybridized carbons (Fsp3) is 0.513. The number of nitrogens with zero attached hydrogens (tertiary/aromatic N) is 6. The van der Waals surface area contributed by atoms with Crippen molar-refractivity contribution in [2.24, 2.45) is 13.0 Å². The molecular weight excluding hydrogens is 736 g/mol. The number of hydrogen-bond acceptors (Lipinski definition) is 8. The highest BCUT2D eigenvalue weighted by molar-refractivity contribution is 6.34. The molecule has 16 heteroatoms. The molecule has 0 aliphatic carbocycles. The Morgan fingerprint density at radius 1 is 1.00 bits per heavy atom. The van der Waals surface area contributed by atoms with Crippen molar-refractivity contribution in [1.29, 1.82) is 0 Å². The predicted octanol–water partition coefficient (Wildman–Crippen LogP) is 4.69. The number of likely N-dealkylation sites (N-methyl/N-ethyl adjacent to an activating group) is 1. The van der Waals surface area contributed by atoms with Crippen LogP contribution in [0, 0.1) is 17.6 Å². The van der Waals surface area contributed by atoms with Crippen molar-refractivity contribution in [2.45, 2.75) is 39.2 Å². The number of amides is 3. The van der Waals surface area contributed by atoms with E-state index in [-0.39, 0.29) is 63.7 Å². The lowest BCUT2D eigenvalue weighted by Crippen LogP contribution is -2.60. The van der Waals surface area contributed by atoms with Gasteiger partial charge >= 0.3 is 5.97 Å². The summed E-state index contributed by atoms with van der Waals surface area (Å²) >= 11 is 6.55.